The Morgan fingerprint density at radius 1 is 1.39 bits per heavy atom. The maximum absolute atomic E-state index is 12.7. The summed E-state index contributed by atoms with van der Waals surface area (Å²) in [5, 5.41) is 1.03. The molecule has 0 N–H and O–H groups in total. The summed E-state index contributed by atoms with van der Waals surface area (Å²) in [7, 11) is 0. The summed E-state index contributed by atoms with van der Waals surface area (Å²) in [6.07, 6.45) is 3.66. The Morgan fingerprint density at radius 2 is 2.25 bits per heavy atom. The smallest absolute Gasteiger partial charge is 0.275 e. The zero-order valence-corrected chi connectivity index (χ0v) is 17.3. The lowest BCUT2D eigenvalue weighted by molar-refractivity contribution is 0.0779. The number of nitrogens with zero attached hydrogens (tertiary/aromatic N) is 3. The molecule has 0 unspecified atom stereocenters. The number of ether oxygens (including phenoxy) is 1. The summed E-state index contributed by atoms with van der Waals surface area (Å²) >= 11 is 1.66. The van der Waals surface area contributed by atoms with Crippen LogP contribution in [0.4, 0.5) is 0 Å². The molecule has 0 saturated carbocycles. The molecule has 3 heterocycles. The number of aryl methyl sites for hydroxylation is 1. The number of oxazole rings is 1. The van der Waals surface area contributed by atoms with E-state index in [9.17, 15) is 4.79 Å². The fourth-order valence-corrected chi connectivity index (χ4v) is 4.58. The first-order valence-electron chi connectivity index (χ1n) is 9.71. The molecule has 1 atom stereocenters. The lowest BCUT2D eigenvalue weighted by Crippen LogP contribution is -2.29. The van der Waals surface area contributed by atoms with Gasteiger partial charge in [-0.05, 0) is 43.7 Å². The number of rotatable bonds is 6. The summed E-state index contributed by atoms with van der Waals surface area (Å²) in [4.78, 5) is 23.4. The van der Waals surface area contributed by atoms with Crippen LogP contribution in [0, 0.1) is 18.8 Å². The first-order chi connectivity index (χ1) is 13.5. The average molecular weight is 400 g/mol. The van der Waals surface area contributed by atoms with Crippen molar-refractivity contribution >= 4 is 27.5 Å². The zero-order chi connectivity index (χ0) is 19.7. The fourth-order valence-electron chi connectivity index (χ4n) is 3.77. The van der Waals surface area contributed by atoms with Crippen LogP contribution in [-0.4, -0.2) is 33.9 Å². The van der Waals surface area contributed by atoms with E-state index in [1.165, 1.54) is 6.26 Å². The van der Waals surface area contributed by atoms with Crippen LogP contribution in [0.3, 0.4) is 0 Å². The number of hydrogen-bond donors (Lipinski definition) is 0. The van der Waals surface area contributed by atoms with Crippen LogP contribution < -0.4 is 4.74 Å². The van der Waals surface area contributed by atoms with Gasteiger partial charge in [0.05, 0.1) is 15.2 Å². The molecule has 0 radical (unpaired) electrons. The molecule has 4 rings (SSSR count). The van der Waals surface area contributed by atoms with Gasteiger partial charge in [0.1, 0.15) is 12.0 Å². The number of carbonyl (C=O) groups excluding carboxylic acids is 1. The van der Waals surface area contributed by atoms with Gasteiger partial charge in [-0.2, -0.15) is 0 Å². The predicted octanol–water partition coefficient (Wildman–Crippen LogP) is 4.68. The van der Waals surface area contributed by atoms with E-state index >= 15 is 0 Å². The van der Waals surface area contributed by atoms with Crippen LogP contribution in [0.2, 0.25) is 0 Å². The van der Waals surface area contributed by atoms with Crippen molar-refractivity contribution in [2.24, 2.45) is 11.8 Å². The molecule has 28 heavy (non-hydrogen) atoms. The summed E-state index contributed by atoms with van der Waals surface area (Å²) in [5.74, 6) is 2.29. The van der Waals surface area contributed by atoms with Crippen LogP contribution >= 0.6 is 11.3 Å². The Kier molecular flexibility index (Phi) is 5.35. The molecule has 1 saturated heterocycles. The molecular weight excluding hydrogens is 374 g/mol. The van der Waals surface area contributed by atoms with Crippen molar-refractivity contribution in [3.8, 4) is 5.75 Å². The minimum Gasteiger partial charge on any atom is -0.484 e. The van der Waals surface area contributed by atoms with Gasteiger partial charge in [0, 0.05) is 19.2 Å². The number of benzene rings is 1. The number of likely N-dealkylation sites (tertiary alicyclic amines) is 1. The zero-order valence-electron chi connectivity index (χ0n) is 16.5. The highest BCUT2D eigenvalue weighted by atomic mass is 32.1. The molecular formula is C21H25N3O3S. The Bertz CT molecular complexity index is 978. The third-order valence-electron chi connectivity index (χ3n) is 4.98. The molecule has 3 aromatic rings. The largest absolute Gasteiger partial charge is 0.484 e. The minimum atomic E-state index is -0.0550. The normalized spacial score (nSPS) is 17.0. The molecule has 1 aliphatic heterocycles. The highest BCUT2D eigenvalue weighted by molar-refractivity contribution is 7.18. The van der Waals surface area contributed by atoms with E-state index in [0.29, 0.717) is 29.2 Å². The molecule has 0 bridgehead atoms. The van der Waals surface area contributed by atoms with Crippen LogP contribution in [0.25, 0.3) is 10.2 Å². The molecule has 2 aromatic heterocycles. The summed E-state index contributed by atoms with van der Waals surface area (Å²) in [5.41, 5.74) is 1.28. The molecule has 1 fully saturated rings. The second-order valence-electron chi connectivity index (χ2n) is 7.81. The first-order valence-corrected chi connectivity index (χ1v) is 10.5. The maximum Gasteiger partial charge on any atom is 0.275 e. The van der Waals surface area contributed by atoms with Crippen LogP contribution in [0.5, 0.6) is 5.75 Å². The highest BCUT2D eigenvalue weighted by Crippen LogP contribution is 2.26. The number of carbonyl (C=O) groups is 1. The van der Waals surface area contributed by atoms with E-state index in [2.05, 4.69) is 23.8 Å². The van der Waals surface area contributed by atoms with Crippen molar-refractivity contribution in [2.75, 3.05) is 13.1 Å². The third kappa shape index (κ3) is 4.19. The molecule has 7 heteroatoms. The average Bonchev–Trinajstić information content (AvgIpc) is 3.37. The van der Waals surface area contributed by atoms with E-state index in [0.717, 1.165) is 41.2 Å². The molecule has 148 valence electrons. The van der Waals surface area contributed by atoms with Gasteiger partial charge < -0.3 is 14.1 Å². The molecule has 1 amide bonds. The number of hydrogen-bond acceptors (Lipinski definition) is 6. The highest BCUT2D eigenvalue weighted by Gasteiger charge is 2.28. The second-order valence-corrected chi connectivity index (χ2v) is 9.05. The van der Waals surface area contributed by atoms with Gasteiger partial charge in [-0.3, -0.25) is 4.79 Å². The lowest BCUT2D eigenvalue weighted by atomic mass is 9.97. The van der Waals surface area contributed by atoms with Crippen molar-refractivity contribution in [1.82, 2.24) is 14.9 Å². The fraction of sp³-hybridized carbons (Fsp3) is 0.476. The van der Waals surface area contributed by atoms with E-state index in [1.807, 2.05) is 30.0 Å². The van der Waals surface area contributed by atoms with E-state index in [4.69, 9.17) is 9.15 Å². The Balaban J connectivity index is 1.35. The van der Waals surface area contributed by atoms with Gasteiger partial charge >= 0.3 is 0 Å². The minimum absolute atomic E-state index is 0.0550. The van der Waals surface area contributed by atoms with Crippen molar-refractivity contribution in [3.63, 3.8) is 0 Å². The molecule has 1 aliphatic rings. The summed E-state index contributed by atoms with van der Waals surface area (Å²) in [6.45, 7) is 8.22. The quantitative estimate of drug-likeness (QED) is 0.602. The monoisotopic (exact) mass is 399 g/mol. The number of aromatic nitrogens is 2. The summed E-state index contributed by atoms with van der Waals surface area (Å²) in [6, 6.07) is 5.82. The van der Waals surface area contributed by atoms with E-state index in [1.54, 1.807) is 11.3 Å². The molecule has 0 spiro atoms. The molecule has 0 aliphatic carbocycles. The number of amides is 1. The van der Waals surface area contributed by atoms with Gasteiger partial charge in [0.2, 0.25) is 5.89 Å². The standard InChI is InChI=1S/C21H25N3O3S/c1-13(2)8-15-6-7-24(10-15)21(25)18-11-27-20(23-18)12-26-16-4-5-19-17(9-16)22-14(3)28-19/h4-5,9,11,13,15H,6-8,10,12H2,1-3H3/t15-/m0/s1. The van der Waals surface area contributed by atoms with Gasteiger partial charge in [0.25, 0.3) is 5.91 Å². The number of fused-ring (bicyclic) bond motifs is 1. The van der Waals surface area contributed by atoms with Crippen molar-refractivity contribution < 1.29 is 13.9 Å². The van der Waals surface area contributed by atoms with Gasteiger partial charge in [-0.15, -0.1) is 11.3 Å². The molecule has 1 aromatic carbocycles. The number of thiazole rings is 1. The Morgan fingerprint density at radius 3 is 3.07 bits per heavy atom. The van der Waals surface area contributed by atoms with Crippen molar-refractivity contribution in [1.29, 1.82) is 0 Å². The third-order valence-corrected chi connectivity index (χ3v) is 5.93. The lowest BCUT2D eigenvalue weighted by Gasteiger charge is -2.15. The van der Waals surface area contributed by atoms with Crippen LogP contribution in [0.15, 0.2) is 28.9 Å². The second kappa shape index (κ2) is 7.91. The Hall–Kier alpha value is -2.41. The van der Waals surface area contributed by atoms with Crippen molar-refractivity contribution in [3.05, 3.63) is 41.1 Å². The van der Waals surface area contributed by atoms with Gasteiger partial charge in [-0.25, -0.2) is 9.97 Å². The summed E-state index contributed by atoms with van der Waals surface area (Å²) < 4.78 is 12.4. The van der Waals surface area contributed by atoms with Gasteiger partial charge in [-0.1, -0.05) is 13.8 Å². The van der Waals surface area contributed by atoms with Gasteiger partial charge in [0.15, 0.2) is 12.3 Å². The van der Waals surface area contributed by atoms with E-state index < -0.39 is 0 Å². The molecule has 6 nitrogen and oxygen atoms in total. The van der Waals surface area contributed by atoms with Crippen LogP contribution in [0.1, 0.15) is 48.1 Å². The topological polar surface area (TPSA) is 68.5 Å². The van der Waals surface area contributed by atoms with E-state index in [-0.39, 0.29) is 12.5 Å². The van der Waals surface area contributed by atoms with Crippen molar-refractivity contribution in [2.45, 2.75) is 40.2 Å². The predicted molar refractivity (Wildman–Crippen MR) is 109 cm³/mol. The SMILES string of the molecule is Cc1nc2cc(OCc3nc(C(=O)N4CC[C@@H](CC(C)C)C4)co3)ccc2s1. The maximum atomic E-state index is 12.7. The van der Waals surface area contributed by atoms with Crippen LogP contribution in [-0.2, 0) is 6.61 Å². The first kappa shape index (κ1) is 18.9. The Labute approximate surface area is 168 Å².